The van der Waals surface area contributed by atoms with E-state index in [2.05, 4.69) is 16.8 Å². The van der Waals surface area contributed by atoms with Crippen molar-refractivity contribution in [1.82, 2.24) is 14.1 Å². The molecule has 0 saturated carbocycles. The maximum Gasteiger partial charge on any atom is 0.256 e. The van der Waals surface area contributed by atoms with Crippen LogP contribution in [0.1, 0.15) is 11.7 Å². The van der Waals surface area contributed by atoms with Crippen molar-refractivity contribution in [1.29, 1.82) is 0 Å². The van der Waals surface area contributed by atoms with Crippen LogP contribution in [-0.2, 0) is 14.8 Å². The van der Waals surface area contributed by atoms with E-state index in [0.29, 0.717) is 55.2 Å². The second kappa shape index (κ2) is 9.76. The van der Waals surface area contributed by atoms with Gasteiger partial charge in [-0.25, -0.2) is 8.42 Å². The molecule has 5 aliphatic rings. The second-order valence-corrected chi connectivity index (χ2v) is 13.6. The quantitative estimate of drug-likeness (QED) is 0.541. The summed E-state index contributed by atoms with van der Waals surface area (Å²) in [6.45, 7) is 6.15. The minimum Gasteiger partial charge on any atom is -0.486 e. The first kappa shape index (κ1) is 25.8. The zero-order valence-corrected chi connectivity index (χ0v) is 23.3. The van der Waals surface area contributed by atoms with Gasteiger partial charge >= 0.3 is 0 Å². The molecular formula is C29H34N4O6S. The fraction of sp³-hybridized carbons (Fsp3) is 0.483. The average molecular weight is 567 g/mol. The van der Waals surface area contributed by atoms with Gasteiger partial charge in [-0.3, -0.25) is 4.79 Å². The zero-order valence-electron chi connectivity index (χ0n) is 22.5. The molecule has 0 radical (unpaired) electrons. The number of carbonyl (C=O) groups is 1. The summed E-state index contributed by atoms with van der Waals surface area (Å²) >= 11 is 0. The molecule has 2 aromatic carbocycles. The Hall–Kier alpha value is -3.12. The lowest BCUT2D eigenvalue weighted by atomic mass is 10.0. The van der Waals surface area contributed by atoms with Crippen LogP contribution in [-0.4, -0.2) is 106 Å². The van der Waals surface area contributed by atoms with E-state index in [9.17, 15) is 18.3 Å². The smallest absolute Gasteiger partial charge is 0.256 e. The minimum absolute atomic E-state index is 0.162. The molecule has 10 nitrogen and oxygen atoms in total. The number of aliphatic hydroxyl groups excluding tert-OH is 1. The number of nitrogens with zero attached hydrogens (tertiary/aromatic N) is 4. The normalized spacial score (nSPS) is 25.4. The largest absolute Gasteiger partial charge is 0.486 e. The van der Waals surface area contributed by atoms with Crippen molar-refractivity contribution in [3.8, 4) is 11.5 Å². The molecule has 212 valence electrons. The Kier molecular flexibility index (Phi) is 6.30. The molecule has 7 rings (SSSR count). The molecule has 0 bridgehead atoms. The molecule has 0 aliphatic carbocycles. The van der Waals surface area contributed by atoms with Gasteiger partial charge in [0.1, 0.15) is 13.2 Å². The third-order valence-electron chi connectivity index (χ3n) is 8.91. The van der Waals surface area contributed by atoms with E-state index < -0.39 is 16.1 Å². The summed E-state index contributed by atoms with van der Waals surface area (Å²) in [7, 11) is -1.57. The molecule has 5 aliphatic heterocycles. The predicted molar refractivity (Wildman–Crippen MR) is 148 cm³/mol. The standard InChI is InChI=1S/C29H34N4O6S/c1-30-11-20-13-31(14-21(20)12-30)24-4-2-3-19(9-24)28(34)29(35)32-15-22-17-33(18-23(22)16-32)40(36,37)25-5-6-26-27(10-25)39-8-7-38-26/h2-6,9-10,20-21,28,34H,7-8,11-18H2,1H3/t20?,21?,28-/m0/s1. The first-order chi connectivity index (χ1) is 19.3. The number of ether oxygens (including phenoxy) is 2. The highest BCUT2D eigenvalue weighted by atomic mass is 32.2. The first-order valence-corrected chi connectivity index (χ1v) is 15.3. The van der Waals surface area contributed by atoms with Gasteiger partial charge < -0.3 is 29.3 Å². The summed E-state index contributed by atoms with van der Waals surface area (Å²) in [5.74, 6) is 1.95. The topological polar surface area (TPSA) is 103 Å². The van der Waals surface area contributed by atoms with Gasteiger partial charge in [0.2, 0.25) is 10.0 Å². The Labute approximate surface area is 234 Å². The monoisotopic (exact) mass is 566 g/mol. The Balaban J connectivity index is 0.986. The lowest BCUT2D eigenvalue weighted by molar-refractivity contribution is -0.139. The number of anilines is 1. The Bertz CT molecular complexity index is 1460. The third kappa shape index (κ3) is 4.45. The molecule has 2 saturated heterocycles. The number of fused-ring (bicyclic) bond motifs is 2. The van der Waals surface area contributed by atoms with E-state index in [-0.39, 0.29) is 23.9 Å². The van der Waals surface area contributed by atoms with E-state index >= 15 is 0 Å². The van der Waals surface area contributed by atoms with Crippen molar-refractivity contribution in [2.24, 2.45) is 11.8 Å². The summed E-state index contributed by atoms with van der Waals surface area (Å²) in [6, 6.07) is 12.4. The molecule has 40 heavy (non-hydrogen) atoms. The highest BCUT2D eigenvalue weighted by Crippen LogP contribution is 2.37. The van der Waals surface area contributed by atoms with Crippen LogP contribution in [0.5, 0.6) is 11.5 Å². The molecule has 3 atom stereocenters. The number of hydrogen-bond acceptors (Lipinski definition) is 8. The SMILES string of the molecule is CN1CC2CN(c3cccc([C@H](O)C(=O)N4CC5=C(C4)CN(S(=O)(=O)c4ccc6c(c4)OCCO6)C5)c3)CC2C1. The summed E-state index contributed by atoms with van der Waals surface area (Å²) < 4.78 is 39.2. The van der Waals surface area contributed by atoms with E-state index in [1.165, 1.54) is 10.4 Å². The van der Waals surface area contributed by atoms with Gasteiger partial charge in [0.15, 0.2) is 17.6 Å². The Morgan fingerprint density at radius 2 is 1.57 bits per heavy atom. The van der Waals surface area contributed by atoms with E-state index in [4.69, 9.17) is 9.47 Å². The maximum absolute atomic E-state index is 13.4. The highest BCUT2D eigenvalue weighted by molar-refractivity contribution is 7.89. The summed E-state index contributed by atoms with van der Waals surface area (Å²) in [5.41, 5.74) is 3.47. The molecule has 0 aromatic heterocycles. The van der Waals surface area contributed by atoms with Crippen LogP contribution in [0.15, 0.2) is 58.5 Å². The van der Waals surface area contributed by atoms with Gasteiger partial charge in [-0.05, 0) is 59.9 Å². The minimum atomic E-state index is -3.74. The molecule has 2 fully saturated rings. The van der Waals surface area contributed by atoms with Gasteiger partial charge in [-0.15, -0.1) is 0 Å². The van der Waals surface area contributed by atoms with Crippen molar-refractivity contribution < 1.29 is 27.8 Å². The lowest BCUT2D eigenvalue weighted by Gasteiger charge is -2.26. The molecule has 5 heterocycles. The van der Waals surface area contributed by atoms with Crippen LogP contribution in [0.4, 0.5) is 5.69 Å². The zero-order chi connectivity index (χ0) is 27.6. The molecule has 1 amide bonds. The number of benzene rings is 2. The van der Waals surface area contributed by atoms with Gasteiger partial charge in [0.25, 0.3) is 5.91 Å². The number of likely N-dealkylation sites (tertiary alicyclic amines) is 1. The van der Waals surface area contributed by atoms with E-state index in [1.807, 2.05) is 18.2 Å². The van der Waals surface area contributed by atoms with Gasteiger partial charge in [-0.1, -0.05) is 12.1 Å². The Morgan fingerprint density at radius 3 is 2.27 bits per heavy atom. The maximum atomic E-state index is 13.4. The first-order valence-electron chi connectivity index (χ1n) is 13.9. The number of aliphatic hydroxyl groups is 1. The van der Waals surface area contributed by atoms with Crippen molar-refractivity contribution in [3.63, 3.8) is 0 Å². The number of rotatable bonds is 5. The summed E-state index contributed by atoms with van der Waals surface area (Å²) in [5, 5.41) is 11.0. The van der Waals surface area contributed by atoms with Crippen LogP contribution in [0.2, 0.25) is 0 Å². The van der Waals surface area contributed by atoms with Crippen LogP contribution >= 0.6 is 0 Å². The second-order valence-electron chi connectivity index (χ2n) is 11.6. The van der Waals surface area contributed by atoms with Gasteiger partial charge in [0.05, 0.1) is 4.90 Å². The third-order valence-corrected chi connectivity index (χ3v) is 10.7. The fourth-order valence-corrected chi connectivity index (χ4v) is 8.30. The van der Waals surface area contributed by atoms with E-state index in [0.717, 1.165) is 43.0 Å². The molecule has 2 unspecified atom stereocenters. The average Bonchev–Trinajstić information content (AvgIpc) is 3.72. The predicted octanol–water partition coefficient (Wildman–Crippen LogP) is 1.33. The number of amides is 1. The number of hydrogen-bond donors (Lipinski definition) is 1. The molecular weight excluding hydrogens is 532 g/mol. The summed E-state index contributed by atoms with van der Waals surface area (Å²) in [4.78, 5) is 19.9. The van der Waals surface area contributed by atoms with E-state index in [1.54, 1.807) is 23.1 Å². The van der Waals surface area contributed by atoms with Crippen LogP contribution in [0, 0.1) is 11.8 Å². The molecule has 11 heteroatoms. The summed E-state index contributed by atoms with van der Waals surface area (Å²) in [6.07, 6.45) is -1.26. The number of sulfonamides is 1. The molecule has 0 spiro atoms. The van der Waals surface area contributed by atoms with Crippen LogP contribution < -0.4 is 14.4 Å². The molecule has 2 aromatic rings. The van der Waals surface area contributed by atoms with Gasteiger partial charge in [0, 0.05) is 64.1 Å². The van der Waals surface area contributed by atoms with Crippen molar-refractivity contribution in [2.75, 3.05) is 77.5 Å². The Morgan fingerprint density at radius 1 is 0.900 bits per heavy atom. The number of carbonyl (C=O) groups excluding carboxylic acids is 1. The van der Waals surface area contributed by atoms with Crippen molar-refractivity contribution >= 4 is 21.6 Å². The van der Waals surface area contributed by atoms with Gasteiger partial charge in [-0.2, -0.15) is 4.31 Å². The fourth-order valence-electron chi connectivity index (χ4n) is 6.85. The van der Waals surface area contributed by atoms with Crippen LogP contribution in [0.25, 0.3) is 0 Å². The van der Waals surface area contributed by atoms with Crippen LogP contribution in [0.3, 0.4) is 0 Å². The lowest BCUT2D eigenvalue weighted by Crippen LogP contribution is -2.38. The van der Waals surface area contributed by atoms with Crippen molar-refractivity contribution in [2.45, 2.75) is 11.0 Å². The highest BCUT2D eigenvalue weighted by Gasteiger charge is 2.40. The molecule has 1 N–H and O–H groups in total. The van der Waals surface area contributed by atoms with Crippen molar-refractivity contribution in [3.05, 3.63) is 59.2 Å².